The maximum Gasteiger partial charge on any atom is 0.0637 e. The first-order valence-corrected chi connectivity index (χ1v) is 4.87. The second-order valence-corrected chi connectivity index (χ2v) is 3.16. The van der Waals surface area contributed by atoms with E-state index in [4.69, 9.17) is 10.5 Å². The van der Waals surface area contributed by atoms with Crippen molar-refractivity contribution in [3.63, 3.8) is 0 Å². The summed E-state index contributed by atoms with van der Waals surface area (Å²) in [5.41, 5.74) is 7.62. The molecule has 0 bridgehead atoms. The third-order valence-electron chi connectivity index (χ3n) is 2.21. The van der Waals surface area contributed by atoms with Gasteiger partial charge in [-0.05, 0) is 31.2 Å². The summed E-state index contributed by atoms with van der Waals surface area (Å²) in [7, 11) is 1.72. The molecule has 0 radical (unpaired) electrons. The first-order valence-electron chi connectivity index (χ1n) is 4.87. The highest BCUT2D eigenvalue weighted by Crippen LogP contribution is 2.15. The van der Waals surface area contributed by atoms with Crippen LogP contribution in [0.5, 0.6) is 0 Å². The first-order chi connectivity index (χ1) is 6.77. The fraction of sp³-hybridized carbons (Fsp3) is 0.455. The molecular formula is C11H18N2O. The number of hydrogen-bond donors (Lipinski definition) is 1. The molecule has 1 rings (SSSR count). The Morgan fingerprint density at radius 1 is 1.29 bits per heavy atom. The Hall–Kier alpha value is -1.22. The quantitative estimate of drug-likeness (QED) is 0.726. The second kappa shape index (κ2) is 5.50. The number of hydrogen-bond acceptors (Lipinski definition) is 3. The molecule has 0 saturated heterocycles. The largest absolute Gasteiger partial charge is 0.399 e. The van der Waals surface area contributed by atoms with Crippen molar-refractivity contribution in [2.24, 2.45) is 0 Å². The number of anilines is 2. The van der Waals surface area contributed by atoms with Gasteiger partial charge in [0.1, 0.15) is 0 Å². The van der Waals surface area contributed by atoms with Crippen molar-refractivity contribution in [3.05, 3.63) is 24.3 Å². The molecule has 0 heterocycles. The fourth-order valence-corrected chi connectivity index (χ4v) is 1.36. The van der Waals surface area contributed by atoms with Crippen molar-refractivity contribution in [2.75, 3.05) is 37.4 Å². The molecular weight excluding hydrogens is 176 g/mol. The summed E-state index contributed by atoms with van der Waals surface area (Å²) in [6.07, 6.45) is 0. The van der Waals surface area contributed by atoms with Crippen LogP contribution in [0.3, 0.4) is 0 Å². The molecule has 14 heavy (non-hydrogen) atoms. The predicted molar refractivity (Wildman–Crippen MR) is 60.6 cm³/mol. The Morgan fingerprint density at radius 3 is 2.43 bits per heavy atom. The summed E-state index contributed by atoms with van der Waals surface area (Å²) in [4.78, 5) is 2.25. The van der Waals surface area contributed by atoms with E-state index in [1.165, 1.54) is 5.69 Å². The van der Waals surface area contributed by atoms with Gasteiger partial charge in [0.2, 0.25) is 0 Å². The van der Waals surface area contributed by atoms with Gasteiger partial charge < -0.3 is 15.4 Å². The monoisotopic (exact) mass is 194 g/mol. The average molecular weight is 194 g/mol. The van der Waals surface area contributed by atoms with Crippen LogP contribution >= 0.6 is 0 Å². The highest BCUT2D eigenvalue weighted by atomic mass is 16.5. The molecule has 0 fully saturated rings. The molecule has 0 aromatic heterocycles. The molecule has 0 amide bonds. The molecule has 3 heteroatoms. The van der Waals surface area contributed by atoms with Crippen LogP contribution in [-0.2, 0) is 4.74 Å². The fourth-order valence-electron chi connectivity index (χ4n) is 1.36. The molecule has 1 aromatic rings. The van der Waals surface area contributed by atoms with Crippen molar-refractivity contribution in [1.29, 1.82) is 0 Å². The molecule has 3 nitrogen and oxygen atoms in total. The van der Waals surface area contributed by atoms with Gasteiger partial charge in [-0.1, -0.05) is 0 Å². The van der Waals surface area contributed by atoms with Crippen molar-refractivity contribution < 1.29 is 4.74 Å². The van der Waals surface area contributed by atoms with E-state index in [9.17, 15) is 0 Å². The van der Waals surface area contributed by atoms with E-state index in [0.29, 0.717) is 0 Å². The lowest BCUT2D eigenvalue weighted by Crippen LogP contribution is -2.26. The number of nitrogens with two attached hydrogens (primary N) is 1. The van der Waals surface area contributed by atoms with Crippen molar-refractivity contribution >= 4 is 11.4 Å². The van der Waals surface area contributed by atoms with Crippen LogP contribution in [0.2, 0.25) is 0 Å². The van der Waals surface area contributed by atoms with E-state index in [0.717, 1.165) is 25.4 Å². The van der Waals surface area contributed by atoms with Gasteiger partial charge in [-0.25, -0.2) is 0 Å². The Kier molecular flexibility index (Phi) is 4.26. The Balaban J connectivity index is 2.64. The topological polar surface area (TPSA) is 38.5 Å². The van der Waals surface area contributed by atoms with E-state index >= 15 is 0 Å². The Bertz CT molecular complexity index is 258. The highest BCUT2D eigenvalue weighted by Gasteiger charge is 2.02. The predicted octanol–water partition coefficient (Wildman–Crippen LogP) is 1.74. The van der Waals surface area contributed by atoms with Gasteiger partial charge in [0.25, 0.3) is 0 Å². The van der Waals surface area contributed by atoms with E-state index in [1.807, 2.05) is 24.3 Å². The Morgan fingerprint density at radius 2 is 1.93 bits per heavy atom. The van der Waals surface area contributed by atoms with E-state index < -0.39 is 0 Å². The molecule has 1 aromatic carbocycles. The number of methoxy groups -OCH3 is 1. The summed E-state index contributed by atoms with van der Waals surface area (Å²) in [5, 5.41) is 0. The average Bonchev–Trinajstić information content (AvgIpc) is 2.21. The molecule has 0 aliphatic carbocycles. The molecule has 0 aliphatic rings. The van der Waals surface area contributed by atoms with Gasteiger partial charge >= 0.3 is 0 Å². The second-order valence-electron chi connectivity index (χ2n) is 3.16. The number of ether oxygens (including phenoxy) is 1. The molecule has 2 N–H and O–H groups in total. The summed E-state index contributed by atoms with van der Waals surface area (Å²) in [6.45, 7) is 4.77. The molecule has 0 spiro atoms. The van der Waals surface area contributed by atoms with Crippen LogP contribution in [0.4, 0.5) is 11.4 Å². The zero-order valence-corrected chi connectivity index (χ0v) is 8.86. The van der Waals surface area contributed by atoms with Crippen molar-refractivity contribution in [2.45, 2.75) is 6.92 Å². The highest BCUT2D eigenvalue weighted by molar-refractivity contribution is 5.52. The van der Waals surface area contributed by atoms with Gasteiger partial charge in [-0.3, -0.25) is 0 Å². The number of rotatable bonds is 5. The van der Waals surface area contributed by atoms with Gasteiger partial charge in [0, 0.05) is 31.6 Å². The van der Waals surface area contributed by atoms with Gasteiger partial charge in [0.05, 0.1) is 6.61 Å². The minimum atomic E-state index is 0.748. The number of likely N-dealkylation sites (N-methyl/N-ethyl adjacent to an activating group) is 1. The van der Waals surface area contributed by atoms with Gasteiger partial charge in [-0.2, -0.15) is 0 Å². The molecule has 0 unspecified atom stereocenters. The maximum absolute atomic E-state index is 5.63. The zero-order chi connectivity index (χ0) is 10.4. The van der Waals surface area contributed by atoms with E-state index in [2.05, 4.69) is 11.8 Å². The lowest BCUT2D eigenvalue weighted by molar-refractivity contribution is 0.205. The SMILES string of the molecule is CCN(CCOC)c1ccc(N)cc1. The summed E-state index contributed by atoms with van der Waals surface area (Å²) < 4.78 is 5.05. The van der Waals surface area contributed by atoms with Crippen LogP contribution in [-0.4, -0.2) is 26.8 Å². The zero-order valence-electron chi connectivity index (χ0n) is 8.86. The van der Waals surface area contributed by atoms with Crippen molar-refractivity contribution in [3.8, 4) is 0 Å². The van der Waals surface area contributed by atoms with Gasteiger partial charge in [-0.15, -0.1) is 0 Å². The lowest BCUT2D eigenvalue weighted by Gasteiger charge is -2.22. The third kappa shape index (κ3) is 2.92. The number of benzene rings is 1. The van der Waals surface area contributed by atoms with Crippen LogP contribution in [0.25, 0.3) is 0 Å². The number of nitrogens with zero attached hydrogens (tertiary/aromatic N) is 1. The first kappa shape index (κ1) is 10.9. The van der Waals surface area contributed by atoms with Crippen molar-refractivity contribution in [1.82, 2.24) is 0 Å². The molecule has 0 atom stereocenters. The van der Waals surface area contributed by atoms with Gasteiger partial charge in [0.15, 0.2) is 0 Å². The minimum Gasteiger partial charge on any atom is -0.399 e. The third-order valence-corrected chi connectivity index (χ3v) is 2.21. The molecule has 0 aliphatic heterocycles. The van der Waals surface area contributed by atoms with E-state index in [-0.39, 0.29) is 0 Å². The molecule has 78 valence electrons. The Labute approximate surface area is 85.5 Å². The lowest BCUT2D eigenvalue weighted by atomic mass is 10.2. The minimum absolute atomic E-state index is 0.748. The van der Waals surface area contributed by atoms with Crippen LogP contribution in [0.1, 0.15) is 6.92 Å². The van der Waals surface area contributed by atoms with Crippen LogP contribution in [0.15, 0.2) is 24.3 Å². The van der Waals surface area contributed by atoms with Crippen LogP contribution < -0.4 is 10.6 Å². The molecule has 0 saturated carbocycles. The standard InChI is InChI=1S/C11H18N2O/c1-3-13(8-9-14-2)11-6-4-10(12)5-7-11/h4-7H,3,8-9,12H2,1-2H3. The normalized spacial score (nSPS) is 10.1. The summed E-state index contributed by atoms with van der Waals surface area (Å²) in [5.74, 6) is 0. The maximum atomic E-state index is 5.63. The number of nitrogen functional groups attached to an aromatic ring is 1. The van der Waals surface area contributed by atoms with E-state index in [1.54, 1.807) is 7.11 Å². The summed E-state index contributed by atoms with van der Waals surface area (Å²) >= 11 is 0. The van der Waals surface area contributed by atoms with Crippen LogP contribution in [0, 0.1) is 0 Å². The summed E-state index contributed by atoms with van der Waals surface area (Å²) in [6, 6.07) is 7.92. The smallest absolute Gasteiger partial charge is 0.0637 e.